The monoisotopic (exact) mass is 305 g/mol. The molecule has 1 heterocycles. The average molecular weight is 305 g/mol. The van der Waals surface area contributed by atoms with E-state index in [-0.39, 0.29) is 6.61 Å². The number of nitrogens with zero attached hydrogens (tertiary/aromatic N) is 2. The van der Waals surface area contributed by atoms with Gasteiger partial charge in [0.15, 0.2) is 0 Å². The van der Waals surface area contributed by atoms with Crippen LogP contribution in [0.1, 0.15) is 17.0 Å². The van der Waals surface area contributed by atoms with Crippen LogP contribution < -0.4 is 5.32 Å². The number of hydrogen-bond acceptors (Lipinski definition) is 4. The Kier molecular flexibility index (Phi) is 6.29. The zero-order valence-electron chi connectivity index (χ0n) is 12.7. The van der Waals surface area contributed by atoms with E-state index in [4.69, 9.17) is 5.11 Å². The molecule has 0 bridgehead atoms. The lowest BCUT2D eigenvalue weighted by molar-refractivity contribution is 0.267. The van der Waals surface area contributed by atoms with Gasteiger partial charge in [-0.25, -0.2) is 0 Å². The summed E-state index contributed by atoms with van der Waals surface area (Å²) in [5.41, 5.74) is 3.43. The van der Waals surface area contributed by atoms with Gasteiger partial charge >= 0.3 is 0 Å². The highest BCUT2D eigenvalue weighted by Crippen LogP contribution is 2.16. The molecule has 0 aliphatic rings. The van der Waals surface area contributed by atoms with E-state index in [2.05, 4.69) is 41.6 Å². The maximum absolute atomic E-state index is 9.02. The van der Waals surface area contributed by atoms with E-state index >= 15 is 0 Å². The summed E-state index contributed by atoms with van der Waals surface area (Å²) in [6.45, 7) is 6.57. The van der Waals surface area contributed by atoms with Crippen LogP contribution in [0.25, 0.3) is 0 Å². The lowest BCUT2D eigenvalue weighted by Gasteiger charge is -2.06. The minimum Gasteiger partial charge on any atom is -0.394 e. The van der Waals surface area contributed by atoms with Crippen molar-refractivity contribution >= 4 is 11.8 Å². The Morgan fingerprint density at radius 3 is 2.71 bits per heavy atom. The molecule has 4 nitrogen and oxygen atoms in total. The predicted molar refractivity (Wildman–Crippen MR) is 87.7 cm³/mol. The Balaban J connectivity index is 1.76. The molecule has 21 heavy (non-hydrogen) atoms. The van der Waals surface area contributed by atoms with Gasteiger partial charge in [0.05, 0.1) is 18.8 Å². The summed E-state index contributed by atoms with van der Waals surface area (Å²) < 4.78 is 1.88. The smallest absolute Gasteiger partial charge is 0.0644 e. The Morgan fingerprint density at radius 1 is 1.24 bits per heavy atom. The van der Waals surface area contributed by atoms with Gasteiger partial charge in [-0.15, -0.1) is 11.8 Å². The number of aryl methyl sites for hydroxylation is 1. The number of aromatic nitrogens is 2. The van der Waals surface area contributed by atoms with Crippen molar-refractivity contribution in [2.24, 2.45) is 0 Å². The van der Waals surface area contributed by atoms with E-state index in [1.54, 1.807) is 0 Å². The van der Waals surface area contributed by atoms with Crippen molar-refractivity contribution < 1.29 is 5.11 Å². The molecule has 0 amide bonds. The van der Waals surface area contributed by atoms with Crippen LogP contribution in [0.15, 0.2) is 35.2 Å². The SMILES string of the molecule is Cc1nn(CCO)c(C)c1CNCCSc1ccccc1. The Hall–Kier alpha value is -1.30. The summed E-state index contributed by atoms with van der Waals surface area (Å²) in [6.07, 6.45) is 0. The van der Waals surface area contributed by atoms with Gasteiger partial charge in [-0.1, -0.05) is 18.2 Å². The van der Waals surface area contributed by atoms with Crippen LogP contribution in [0.2, 0.25) is 0 Å². The third-order valence-corrected chi connectivity index (χ3v) is 4.45. The Bertz CT molecular complexity index is 554. The maximum atomic E-state index is 9.02. The van der Waals surface area contributed by atoms with Gasteiger partial charge < -0.3 is 10.4 Å². The van der Waals surface area contributed by atoms with Gasteiger partial charge in [-0.2, -0.15) is 5.10 Å². The molecule has 0 aliphatic heterocycles. The first-order valence-corrected chi connectivity index (χ1v) is 8.23. The molecule has 0 fully saturated rings. The van der Waals surface area contributed by atoms with Gasteiger partial charge in [-0.3, -0.25) is 4.68 Å². The van der Waals surface area contributed by atoms with Gasteiger partial charge in [0.25, 0.3) is 0 Å². The number of aliphatic hydroxyl groups excluding tert-OH is 1. The van der Waals surface area contributed by atoms with Gasteiger partial charge in [-0.05, 0) is 26.0 Å². The molecule has 0 saturated carbocycles. The van der Waals surface area contributed by atoms with E-state index < -0.39 is 0 Å². The molecular weight excluding hydrogens is 282 g/mol. The van der Waals surface area contributed by atoms with Crippen LogP contribution in [0.5, 0.6) is 0 Å². The van der Waals surface area contributed by atoms with Crippen molar-refractivity contribution in [3.63, 3.8) is 0 Å². The fourth-order valence-corrected chi connectivity index (χ4v) is 3.11. The summed E-state index contributed by atoms with van der Waals surface area (Å²) >= 11 is 1.86. The topological polar surface area (TPSA) is 50.1 Å². The van der Waals surface area contributed by atoms with Crippen LogP contribution in [-0.2, 0) is 13.1 Å². The number of hydrogen-bond donors (Lipinski definition) is 2. The third kappa shape index (κ3) is 4.59. The van der Waals surface area contributed by atoms with E-state index in [1.165, 1.54) is 10.5 Å². The summed E-state index contributed by atoms with van der Waals surface area (Å²) in [6, 6.07) is 10.4. The highest BCUT2D eigenvalue weighted by atomic mass is 32.2. The van der Waals surface area contributed by atoms with E-state index in [0.717, 1.165) is 30.2 Å². The molecule has 2 aromatic rings. The van der Waals surface area contributed by atoms with Crippen LogP contribution in [-0.4, -0.2) is 33.8 Å². The number of aliphatic hydroxyl groups is 1. The second-order valence-electron chi connectivity index (χ2n) is 4.93. The molecule has 0 radical (unpaired) electrons. The summed E-state index contributed by atoms with van der Waals surface area (Å²) in [7, 11) is 0. The van der Waals surface area contributed by atoms with Crippen molar-refractivity contribution in [2.75, 3.05) is 18.9 Å². The molecule has 1 aromatic heterocycles. The van der Waals surface area contributed by atoms with Crippen molar-refractivity contribution in [3.05, 3.63) is 47.3 Å². The predicted octanol–water partition coefficient (Wildman–Crippen LogP) is 2.37. The Morgan fingerprint density at radius 2 is 2.00 bits per heavy atom. The number of benzene rings is 1. The minimum atomic E-state index is 0.128. The molecule has 0 spiro atoms. The van der Waals surface area contributed by atoms with Crippen LogP contribution in [0, 0.1) is 13.8 Å². The lowest BCUT2D eigenvalue weighted by Crippen LogP contribution is -2.17. The number of nitrogens with one attached hydrogen (secondary N) is 1. The largest absolute Gasteiger partial charge is 0.394 e. The van der Waals surface area contributed by atoms with E-state index in [1.807, 2.05) is 29.4 Å². The van der Waals surface area contributed by atoms with Crippen LogP contribution in [0.3, 0.4) is 0 Å². The highest BCUT2D eigenvalue weighted by molar-refractivity contribution is 7.99. The van der Waals surface area contributed by atoms with Gasteiger partial charge in [0.1, 0.15) is 0 Å². The molecule has 0 saturated heterocycles. The molecule has 5 heteroatoms. The second kappa shape index (κ2) is 8.22. The highest BCUT2D eigenvalue weighted by Gasteiger charge is 2.10. The first-order valence-electron chi connectivity index (χ1n) is 7.24. The first-order chi connectivity index (χ1) is 10.2. The van der Waals surface area contributed by atoms with Crippen molar-refractivity contribution in [3.8, 4) is 0 Å². The lowest BCUT2D eigenvalue weighted by atomic mass is 10.2. The van der Waals surface area contributed by atoms with Crippen LogP contribution in [0.4, 0.5) is 0 Å². The van der Waals surface area contributed by atoms with Crippen molar-refractivity contribution in [1.29, 1.82) is 0 Å². The quantitative estimate of drug-likeness (QED) is 0.581. The molecule has 0 atom stereocenters. The zero-order valence-corrected chi connectivity index (χ0v) is 13.5. The van der Waals surface area contributed by atoms with Crippen molar-refractivity contribution in [2.45, 2.75) is 31.8 Å². The molecule has 0 unspecified atom stereocenters. The molecule has 1 aromatic carbocycles. The standard InChI is InChI=1S/C16H23N3OS/c1-13-16(14(2)19(18-13)9-10-20)12-17-8-11-21-15-6-4-3-5-7-15/h3-7,17,20H,8-12H2,1-2H3. The molecule has 2 rings (SSSR count). The van der Waals surface area contributed by atoms with Gasteiger partial charge in [0, 0.05) is 35.0 Å². The average Bonchev–Trinajstić information content (AvgIpc) is 2.76. The fraction of sp³-hybridized carbons (Fsp3) is 0.438. The molecule has 0 aliphatic carbocycles. The molecule has 2 N–H and O–H groups in total. The van der Waals surface area contributed by atoms with Gasteiger partial charge in [0.2, 0.25) is 0 Å². The second-order valence-corrected chi connectivity index (χ2v) is 6.10. The zero-order chi connectivity index (χ0) is 15.1. The fourth-order valence-electron chi connectivity index (χ4n) is 2.27. The van der Waals surface area contributed by atoms with Crippen molar-refractivity contribution in [1.82, 2.24) is 15.1 Å². The minimum absolute atomic E-state index is 0.128. The molecular formula is C16H23N3OS. The summed E-state index contributed by atoms with van der Waals surface area (Å²) in [4.78, 5) is 1.31. The summed E-state index contributed by atoms with van der Waals surface area (Å²) in [5.74, 6) is 1.05. The molecule has 114 valence electrons. The third-order valence-electron chi connectivity index (χ3n) is 3.44. The first kappa shape index (κ1) is 16.1. The number of thioether (sulfide) groups is 1. The van der Waals surface area contributed by atoms with E-state index in [0.29, 0.717) is 6.54 Å². The van der Waals surface area contributed by atoms with E-state index in [9.17, 15) is 0 Å². The number of rotatable bonds is 8. The maximum Gasteiger partial charge on any atom is 0.0644 e. The Labute approximate surface area is 130 Å². The van der Waals surface area contributed by atoms with Crippen LogP contribution >= 0.6 is 11.8 Å². The summed E-state index contributed by atoms with van der Waals surface area (Å²) in [5, 5.41) is 16.9. The normalized spacial score (nSPS) is 11.0.